The number of rotatable bonds is 4. The summed E-state index contributed by atoms with van der Waals surface area (Å²) in [5.74, 6) is 0.799. The van der Waals surface area contributed by atoms with Gasteiger partial charge in [-0.15, -0.1) is 11.3 Å². The summed E-state index contributed by atoms with van der Waals surface area (Å²) < 4.78 is 1.95. The first kappa shape index (κ1) is 14.7. The van der Waals surface area contributed by atoms with Crippen LogP contribution < -0.4 is 11.1 Å². The average molecular weight is 359 g/mol. The average Bonchev–Trinajstić information content (AvgIpc) is 2.68. The van der Waals surface area contributed by atoms with E-state index < -0.39 is 0 Å². The molecule has 1 unspecified atom stereocenters. The molecule has 19 heavy (non-hydrogen) atoms. The van der Waals surface area contributed by atoms with Crippen molar-refractivity contribution < 1.29 is 4.79 Å². The molecule has 1 atom stereocenters. The van der Waals surface area contributed by atoms with Gasteiger partial charge in [0.2, 0.25) is 0 Å². The van der Waals surface area contributed by atoms with E-state index in [4.69, 9.17) is 5.73 Å². The smallest absolute Gasteiger partial charge is 0.263 e. The van der Waals surface area contributed by atoms with E-state index >= 15 is 0 Å². The third-order valence-electron chi connectivity index (χ3n) is 2.70. The molecule has 2 aromatic rings. The zero-order chi connectivity index (χ0) is 14.0. The number of benzene rings is 1. The fourth-order valence-corrected chi connectivity index (χ4v) is 4.23. The molecule has 0 saturated heterocycles. The van der Waals surface area contributed by atoms with E-state index in [-0.39, 0.29) is 11.9 Å². The van der Waals surface area contributed by atoms with Gasteiger partial charge in [0.1, 0.15) is 4.88 Å². The van der Waals surface area contributed by atoms with Gasteiger partial charge < -0.3 is 11.1 Å². The predicted octanol–water partition coefficient (Wildman–Crippen LogP) is 3.73. The number of carbonyl (C=O) groups is 1. The van der Waals surface area contributed by atoms with Crippen molar-refractivity contribution in [1.82, 2.24) is 5.32 Å². The Morgan fingerprint density at radius 1 is 1.58 bits per heavy atom. The van der Waals surface area contributed by atoms with Crippen molar-refractivity contribution in [3.8, 4) is 0 Å². The van der Waals surface area contributed by atoms with Gasteiger partial charge in [-0.05, 0) is 25.3 Å². The maximum Gasteiger partial charge on any atom is 0.263 e. The quantitative estimate of drug-likeness (QED) is 0.875. The van der Waals surface area contributed by atoms with Crippen LogP contribution >= 0.6 is 39.0 Å². The van der Waals surface area contributed by atoms with Crippen LogP contribution in [0.4, 0.5) is 5.69 Å². The Morgan fingerprint density at radius 3 is 2.95 bits per heavy atom. The first-order valence-electron chi connectivity index (χ1n) is 5.81. The van der Waals surface area contributed by atoms with Crippen molar-refractivity contribution in [2.45, 2.75) is 13.0 Å². The fraction of sp³-hybridized carbons (Fsp3) is 0.308. The minimum atomic E-state index is -0.0906. The lowest BCUT2D eigenvalue weighted by Crippen LogP contribution is -2.34. The van der Waals surface area contributed by atoms with Gasteiger partial charge in [-0.3, -0.25) is 4.79 Å². The summed E-state index contributed by atoms with van der Waals surface area (Å²) in [5.41, 5.74) is 6.66. The number of nitrogens with one attached hydrogen (secondary N) is 1. The van der Waals surface area contributed by atoms with Crippen LogP contribution in [0, 0.1) is 0 Å². The summed E-state index contributed by atoms with van der Waals surface area (Å²) in [6, 6.07) is 5.99. The molecule has 3 nitrogen and oxygen atoms in total. The van der Waals surface area contributed by atoms with Crippen LogP contribution in [0.15, 0.2) is 22.7 Å². The SMILES string of the molecule is CSCC(C)NC(=O)c1sc2cccc(Br)c2c1N. The molecule has 102 valence electrons. The monoisotopic (exact) mass is 358 g/mol. The van der Waals surface area contributed by atoms with Gasteiger partial charge in [0, 0.05) is 26.4 Å². The lowest BCUT2D eigenvalue weighted by molar-refractivity contribution is 0.0948. The van der Waals surface area contributed by atoms with Crippen LogP contribution in [0.5, 0.6) is 0 Å². The highest BCUT2D eigenvalue weighted by molar-refractivity contribution is 9.10. The molecule has 0 radical (unpaired) electrons. The molecular formula is C13H15BrN2OS2. The van der Waals surface area contributed by atoms with Crippen LogP contribution in [-0.2, 0) is 0 Å². The second-order valence-electron chi connectivity index (χ2n) is 4.29. The van der Waals surface area contributed by atoms with Crippen LogP contribution in [0.1, 0.15) is 16.6 Å². The molecule has 3 N–H and O–H groups in total. The lowest BCUT2D eigenvalue weighted by Gasteiger charge is -2.11. The van der Waals surface area contributed by atoms with Gasteiger partial charge in [-0.2, -0.15) is 11.8 Å². The predicted molar refractivity (Wildman–Crippen MR) is 89.2 cm³/mol. The molecule has 6 heteroatoms. The largest absolute Gasteiger partial charge is 0.397 e. The first-order chi connectivity index (χ1) is 9.04. The summed E-state index contributed by atoms with van der Waals surface area (Å²) in [5, 5.41) is 3.90. The number of anilines is 1. The zero-order valence-electron chi connectivity index (χ0n) is 10.7. The highest BCUT2D eigenvalue weighted by atomic mass is 79.9. The van der Waals surface area contributed by atoms with E-state index in [2.05, 4.69) is 21.2 Å². The van der Waals surface area contributed by atoms with Crippen LogP contribution in [0.3, 0.4) is 0 Å². The number of nitrogens with two attached hydrogens (primary N) is 1. The summed E-state index contributed by atoms with van der Waals surface area (Å²) in [7, 11) is 0. The van der Waals surface area contributed by atoms with Crippen LogP contribution in [0.2, 0.25) is 0 Å². The summed E-state index contributed by atoms with van der Waals surface area (Å²) >= 11 is 6.62. The van der Waals surface area contributed by atoms with Crippen molar-refractivity contribution in [3.05, 3.63) is 27.5 Å². The highest BCUT2D eigenvalue weighted by Gasteiger charge is 2.18. The Hall–Kier alpha value is -0.720. The normalized spacial score (nSPS) is 12.6. The second kappa shape index (κ2) is 6.15. The molecule has 1 amide bonds. The maximum absolute atomic E-state index is 12.2. The standard InChI is InChI=1S/C13H15BrN2OS2/c1-7(6-18-2)16-13(17)12-11(15)10-8(14)4-3-5-9(10)19-12/h3-5,7H,6,15H2,1-2H3,(H,16,17). The molecule has 0 aliphatic heterocycles. The lowest BCUT2D eigenvalue weighted by atomic mass is 10.2. The number of carbonyl (C=O) groups excluding carboxylic acids is 1. The van der Waals surface area contributed by atoms with Crippen LogP contribution in [-0.4, -0.2) is 24.0 Å². The van der Waals surface area contributed by atoms with Crippen molar-refractivity contribution in [1.29, 1.82) is 0 Å². The number of hydrogen-bond acceptors (Lipinski definition) is 4. The minimum absolute atomic E-state index is 0.0906. The first-order valence-corrected chi connectivity index (χ1v) is 8.81. The molecule has 0 saturated carbocycles. The fourth-order valence-electron chi connectivity index (χ4n) is 1.88. The van der Waals surface area contributed by atoms with E-state index in [1.54, 1.807) is 11.8 Å². The van der Waals surface area contributed by atoms with Crippen LogP contribution in [0.25, 0.3) is 10.1 Å². The number of fused-ring (bicyclic) bond motifs is 1. The van der Waals surface area contributed by atoms with E-state index in [1.165, 1.54) is 11.3 Å². The van der Waals surface area contributed by atoms with Crippen molar-refractivity contribution >= 4 is 60.7 Å². The van der Waals surface area contributed by atoms with E-state index in [9.17, 15) is 4.79 Å². The molecule has 0 spiro atoms. The molecule has 1 aromatic heterocycles. The summed E-state index contributed by atoms with van der Waals surface area (Å²) in [4.78, 5) is 12.8. The number of amides is 1. The van der Waals surface area contributed by atoms with E-state index in [0.29, 0.717) is 10.6 Å². The summed E-state index contributed by atoms with van der Waals surface area (Å²) in [6.07, 6.45) is 2.02. The second-order valence-corrected chi connectivity index (χ2v) is 7.10. The van der Waals surface area contributed by atoms with Gasteiger partial charge in [0.25, 0.3) is 5.91 Å². The third-order valence-corrected chi connectivity index (χ3v) is 5.37. The number of halogens is 1. The maximum atomic E-state index is 12.2. The van der Waals surface area contributed by atoms with Crippen molar-refractivity contribution in [2.75, 3.05) is 17.7 Å². The molecule has 2 rings (SSSR count). The minimum Gasteiger partial charge on any atom is -0.397 e. The molecule has 0 aliphatic carbocycles. The van der Waals surface area contributed by atoms with Gasteiger partial charge in [-0.25, -0.2) is 0 Å². The Kier molecular flexibility index (Phi) is 4.76. The van der Waals surface area contributed by atoms with E-state index in [0.717, 1.165) is 20.3 Å². The molecular weight excluding hydrogens is 344 g/mol. The number of thiophene rings is 1. The topological polar surface area (TPSA) is 55.1 Å². The number of hydrogen-bond donors (Lipinski definition) is 2. The molecule has 0 fully saturated rings. The van der Waals surface area contributed by atoms with Gasteiger partial charge in [0.15, 0.2) is 0 Å². The van der Waals surface area contributed by atoms with Crippen molar-refractivity contribution in [2.24, 2.45) is 0 Å². The number of nitrogen functional groups attached to an aromatic ring is 1. The van der Waals surface area contributed by atoms with Crippen molar-refractivity contribution in [3.63, 3.8) is 0 Å². The van der Waals surface area contributed by atoms with Gasteiger partial charge in [-0.1, -0.05) is 22.0 Å². The Morgan fingerprint density at radius 2 is 2.32 bits per heavy atom. The molecule has 0 bridgehead atoms. The zero-order valence-corrected chi connectivity index (χ0v) is 13.9. The third kappa shape index (κ3) is 3.07. The highest BCUT2D eigenvalue weighted by Crippen LogP contribution is 2.38. The summed E-state index contributed by atoms with van der Waals surface area (Å²) in [6.45, 7) is 1.99. The molecule has 0 aliphatic rings. The Labute approximate surface area is 129 Å². The molecule has 1 aromatic carbocycles. The Bertz CT molecular complexity index is 612. The molecule has 1 heterocycles. The Balaban J connectivity index is 2.33. The van der Waals surface area contributed by atoms with Gasteiger partial charge in [0.05, 0.1) is 5.69 Å². The van der Waals surface area contributed by atoms with E-state index in [1.807, 2.05) is 31.4 Å². The van der Waals surface area contributed by atoms with Gasteiger partial charge >= 0.3 is 0 Å². The number of thioether (sulfide) groups is 1.